The van der Waals surface area contributed by atoms with Crippen molar-refractivity contribution in [1.29, 1.82) is 0 Å². The van der Waals surface area contributed by atoms with Gasteiger partial charge in [0.2, 0.25) is 5.91 Å². The topological polar surface area (TPSA) is 172 Å². The number of hydrogen-bond donors (Lipinski definition) is 6. The van der Waals surface area contributed by atoms with E-state index in [1.165, 1.54) is 18.2 Å². The number of carbonyl (C=O) groups is 4. The summed E-state index contributed by atoms with van der Waals surface area (Å²) in [6.07, 6.45) is 1.62. The van der Waals surface area contributed by atoms with Gasteiger partial charge in [0.25, 0.3) is 11.8 Å². The summed E-state index contributed by atoms with van der Waals surface area (Å²) in [7, 11) is 0. The predicted octanol–water partition coefficient (Wildman–Crippen LogP) is 1.88. The first-order chi connectivity index (χ1) is 19.4. The van der Waals surface area contributed by atoms with Gasteiger partial charge in [0.15, 0.2) is 11.6 Å². The Balaban J connectivity index is 1.33. The summed E-state index contributed by atoms with van der Waals surface area (Å²) in [6, 6.07) is 1.11. The summed E-state index contributed by atoms with van der Waals surface area (Å²) in [5.41, 5.74) is 1.44. The molecule has 2 aliphatic heterocycles. The van der Waals surface area contributed by atoms with Crippen molar-refractivity contribution in [2.24, 2.45) is 0 Å². The minimum atomic E-state index is -1.20. The van der Waals surface area contributed by atoms with Gasteiger partial charge >= 0.3 is 5.97 Å². The molecule has 3 heterocycles. The van der Waals surface area contributed by atoms with Crippen molar-refractivity contribution < 1.29 is 43.3 Å². The summed E-state index contributed by atoms with van der Waals surface area (Å²) >= 11 is 0. The van der Waals surface area contributed by atoms with Gasteiger partial charge in [-0.15, -0.1) is 0 Å². The van der Waals surface area contributed by atoms with E-state index in [0.717, 1.165) is 11.0 Å². The van der Waals surface area contributed by atoms with Crippen LogP contribution in [0.5, 0.6) is 0 Å². The summed E-state index contributed by atoms with van der Waals surface area (Å²) < 4.78 is 28.2. The van der Waals surface area contributed by atoms with Gasteiger partial charge < -0.3 is 35.8 Å². The van der Waals surface area contributed by atoms with E-state index in [9.17, 15) is 43.3 Å². The number of amides is 3. The minimum absolute atomic E-state index is 0.0402. The molecule has 1 unspecified atom stereocenters. The van der Waals surface area contributed by atoms with Crippen LogP contribution in [0.1, 0.15) is 52.1 Å². The van der Waals surface area contributed by atoms with E-state index in [-0.39, 0.29) is 54.7 Å². The molecular formula is C28H30F2N4O7. The maximum absolute atomic E-state index is 14.4. The number of carboxylic acid groups (broad SMARTS) is 1. The average molecular weight is 573 g/mol. The average Bonchev–Trinajstić information content (AvgIpc) is 3.58. The Kier molecular flexibility index (Phi) is 8.69. The molecule has 11 nitrogen and oxygen atoms in total. The number of aromatic amines is 1. The molecule has 218 valence electrons. The van der Waals surface area contributed by atoms with Gasteiger partial charge in [0.1, 0.15) is 6.04 Å². The van der Waals surface area contributed by atoms with Crippen LogP contribution in [0, 0.1) is 25.5 Å². The van der Waals surface area contributed by atoms with Gasteiger partial charge in [-0.1, -0.05) is 12.2 Å². The lowest BCUT2D eigenvalue weighted by atomic mass is 10.0. The second-order valence-electron chi connectivity index (χ2n) is 10.0. The molecule has 6 N–H and O–H groups in total. The normalized spacial score (nSPS) is 18.4. The molecule has 0 saturated carbocycles. The molecule has 0 fully saturated rings. The van der Waals surface area contributed by atoms with Crippen LogP contribution in [0.3, 0.4) is 0 Å². The van der Waals surface area contributed by atoms with E-state index in [4.69, 9.17) is 0 Å². The molecule has 2 aromatic rings. The molecule has 1 aromatic carbocycles. The highest BCUT2D eigenvalue weighted by molar-refractivity contribution is 6.35. The highest BCUT2D eigenvalue weighted by atomic mass is 19.2. The molecule has 4 rings (SSSR count). The zero-order chi connectivity index (χ0) is 30.0. The lowest BCUT2D eigenvalue weighted by Gasteiger charge is -2.23. The number of halogens is 2. The van der Waals surface area contributed by atoms with Gasteiger partial charge in [-0.05, 0) is 50.5 Å². The van der Waals surface area contributed by atoms with E-state index in [0.29, 0.717) is 17.0 Å². The van der Waals surface area contributed by atoms with Gasteiger partial charge in [-0.3, -0.25) is 14.4 Å². The van der Waals surface area contributed by atoms with Gasteiger partial charge in [0.05, 0.1) is 35.5 Å². The second-order valence-corrected chi connectivity index (χ2v) is 10.0. The number of nitrogens with zero attached hydrogens (tertiary/aromatic N) is 1. The van der Waals surface area contributed by atoms with E-state index in [2.05, 4.69) is 15.6 Å². The molecule has 0 bridgehead atoms. The molecule has 0 aliphatic carbocycles. The number of aliphatic carboxylic acids is 1. The first kappa shape index (κ1) is 29.6. The Labute approximate surface area is 233 Å². The molecule has 3 atom stereocenters. The SMILES string of the molecule is Cc1[nH]c(/C=C2\C(=O)Nc3ccc(F)c(F)c32)c(C)c1C(=O)NCC[C@@H](O)C[C@@H](O)CC(=O)N1CC=CC1C(=O)O. The molecule has 0 saturated heterocycles. The zero-order valence-electron chi connectivity index (χ0n) is 22.3. The number of anilines is 1. The number of rotatable bonds is 10. The Morgan fingerprint density at radius 3 is 2.63 bits per heavy atom. The molecule has 0 spiro atoms. The molecular weight excluding hydrogens is 542 g/mol. The third-order valence-corrected chi connectivity index (χ3v) is 7.10. The lowest BCUT2D eigenvalue weighted by Crippen LogP contribution is -2.42. The fraction of sp³-hybridized carbons (Fsp3) is 0.357. The molecule has 0 radical (unpaired) electrons. The third-order valence-electron chi connectivity index (χ3n) is 7.10. The Morgan fingerprint density at radius 1 is 1.20 bits per heavy atom. The van der Waals surface area contributed by atoms with Crippen LogP contribution < -0.4 is 10.6 Å². The van der Waals surface area contributed by atoms with Crippen molar-refractivity contribution in [2.45, 2.75) is 51.4 Å². The molecule has 13 heteroatoms. The number of carboxylic acids is 1. The smallest absolute Gasteiger partial charge is 0.330 e. The standard InChI is InChI=1S/C28H30F2N4O7/c1-13-20(12-17-24-19(33-26(17)38)6-5-18(29)25(24)30)32-14(2)23(13)27(39)31-8-7-15(35)10-16(36)11-22(37)34-9-3-4-21(34)28(40)41/h3-6,12,15-16,21,32,35-36H,7-11H2,1-2H3,(H,31,39)(H,33,38)(H,40,41)/b17-12-/t15-,16-,21?/m1/s1. The molecule has 3 amide bonds. The maximum atomic E-state index is 14.4. The molecule has 1 aromatic heterocycles. The summed E-state index contributed by atoms with van der Waals surface area (Å²) in [4.78, 5) is 53.0. The van der Waals surface area contributed by atoms with Crippen LogP contribution in [0.2, 0.25) is 0 Å². The van der Waals surface area contributed by atoms with Gasteiger partial charge in [-0.2, -0.15) is 0 Å². The van der Waals surface area contributed by atoms with Crippen molar-refractivity contribution in [2.75, 3.05) is 18.4 Å². The Hall–Kier alpha value is -4.36. The number of carbonyl (C=O) groups excluding carboxylic acids is 3. The van der Waals surface area contributed by atoms with Crippen LogP contribution in [0.15, 0.2) is 24.3 Å². The Bertz CT molecular complexity index is 1470. The zero-order valence-corrected chi connectivity index (χ0v) is 22.3. The number of nitrogens with one attached hydrogen (secondary N) is 3. The number of H-pyrrole nitrogens is 1. The van der Waals surface area contributed by atoms with E-state index >= 15 is 0 Å². The number of benzene rings is 1. The predicted molar refractivity (Wildman–Crippen MR) is 144 cm³/mol. The number of aromatic nitrogens is 1. The van der Waals surface area contributed by atoms with Gasteiger partial charge in [-0.25, -0.2) is 13.6 Å². The second kappa shape index (κ2) is 12.0. The van der Waals surface area contributed by atoms with Crippen LogP contribution in [-0.2, 0) is 14.4 Å². The minimum Gasteiger partial charge on any atom is -0.479 e. The molecule has 41 heavy (non-hydrogen) atoms. The highest BCUT2D eigenvalue weighted by Gasteiger charge is 2.32. The number of hydrogen-bond acceptors (Lipinski definition) is 6. The van der Waals surface area contributed by atoms with Crippen LogP contribution in [-0.4, -0.2) is 80.2 Å². The fourth-order valence-electron chi connectivity index (χ4n) is 5.03. The number of fused-ring (bicyclic) bond motifs is 1. The van der Waals surface area contributed by atoms with Crippen LogP contribution in [0.4, 0.5) is 14.5 Å². The third kappa shape index (κ3) is 6.20. The monoisotopic (exact) mass is 572 g/mol. The Morgan fingerprint density at radius 2 is 1.93 bits per heavy atom. The largest absolute Gasteiger partial charge is 0.479 e. The summed E-state index contributed by atoms with van der Waals surface area (Å²) in [5, 5.41) is 34.8. The van der Waals surface area contributed by atoms with E-state index in [1.807, 2.05) is 0 Å². The van der Waals surface area contributed by atoms with Crippen molar-refractivity contribution >= 4 is 41.0 Å². The summed E-state index contributed by atoms with van der Waals surface area (Å²) in [6.45, 7) is 3.44. The van der Waals surface area contributed by atoms with Crippen LogP contribution in [0.25, 0.3) is 11.6 Å². The first-order valence-corrected chi connectivity index (χ1v) is 12.9. The number of aliphatic hydroxyl groups is 2. The first-order valence-electron chi connectivity index (χ1n) is 12.9. The lowest BCUT2D eigenvalue weighted by molar-refractivity contribution is -0.147. The van der Waals surface area contributed by atoms with Crippen LogP contribution >= 0.6 is 0 Å². The van der Waals surface area contributed by atoms with E-state index < -0.39 is 53.6 Å². The van der Waals surface area contributed by atoms with Crippen molar-refractivity contribution in [3.05, 3.63) is 64.0 Å². The highest BCUT2D eigenvalue weighted by Crippen LogP contribution is 2.36. The van der Waals surface area contributed by atoms with Crippen molar-refractivity contribution in [1.82, 2.24) is 15.2 Å². The van der Waals surface area contributed by atoms with Gasteiger partial charge in [0, 0.05) is 30.0 Å². The number of aliphatic hydroxyl groups excluding tert-OH is 2. The quantitative estimate of drug-likeness (QED) is 0.186. The number of aryl methyl sites for hydroxylation is 1. The van der Waals surface area contributed by atoms with Crippen molar-refractivity contribution in [3.63, 3.8) is 0 Å². The summed E-state index contributed by atoms with van der Waals surface area (Å²) in [5.74, 6) is -5.06. The van der Waals surface area contributed by atoms with Crippen molar-refractivity contribution in [3.8, 4) is 0 Å². The van der Waals surface area contributed by atoms with E-state index in [1.54, 1.807) is 19.9 Å². The maximum Gasteiger partial charge on any atom is 0.330 e. The fourth-order valence-corrected chi connectivity index (χ4v) is 5.03. The molecule has 2 aliphatic rings.